The van der Waals surface area contributed by atoms with Crippen LogP contribution in [0.3, 0.4) is 0 Å². The standard InChI is InChI=1S/C15H15NO3/c1-2-11-5-7-12(8-6-11)10-19-13-4-3-9-16-14(13)15(17)18/h3-9H,2,10H2,1H3,(H,17,18). The van der Waals surface area contributed by atoms with E-state index in [1.54, 1.807) is 12.1 Å². The van der Waals surface area contributed by atoms with Crippen LogP contribution in [0.15, 0.2) is 42.6 Å². The van der Waals surface area contributed by atoms with Crippen molar-refractivity contribution < 1.29 is 14.6 Å². The number of hydrogen-bond acceptors (Lipinski definition) is 3. The van der Waals surface area contributed by atoms with Crippen molar-refractivity contribution in [2.24, 2.45) is 0 Å². The first-order valence-electron chi connectivity index (χ1n) is 6.09. The number of aromatic carboxylic acids is 1. The molecule has 0 spiro atoms. The van der Waals surface area contributed by atoms with E-state index in [9.17, 15) is 4.79 Å². The van der Waals surface area contributed by atoms with E-state index >= 15 is 0 Å². The van der Waals surface area contributed by atoms with E-state index < -0.39 is 5.97 Å². The summed E-state index contributed by atoms with van der Waals surface area (Å²) in [5.74, 6) is -0.800. The molecule has 0 atom stereocenters. The molecule has 0 aliphatic heterocycles. The number of ether oxygens (including phenoxy) is 1. The van der Waals surface area contributed by atoms with Gasteiger partial charge in [0.2, 0.25) is 0 Å². The predicted octanol–water partition coefficient (Wildman–Crippen LogP) is 2.92. The molecule has 0 unspecified atom stereocenters. The molecule has 19 heavy (non-hydrogen) atoms. The number of aryl methyl sites for hydroxylation is 1. The molecule has 1 N–H and O–H groups in total. The molecule has 0 aliphatic carbocycles. The zero-order valence-corrected chi connectivity index (χ0v) is 10.7. The first kappa shape index (κ1) is 13.1. The van der Waals surface area contributed by atoms with E-state index in [4.69, 9.17) is 9.84 Å². The zero-order valence-electron chi connectivity index (χ0n) is 10.7. The summed E-state index contributed by atoms with van der Waals surface area (Å²) in [4.78, 5) is 14.8. The quantitative estimate of drug-likeness (QED) is 0.894. The molecular weight excluding hydrogens is 242 g/mol. The van der Waals surface area contributed by atoms with Crippen LogP contribution in [-0.4, -0.2) is 16.1 Å². The Balaban J connectivity index is 2.07. The second kappa shape index (κ2) is 6.00. The molecule has 98 valence electrons. The van der Waals surface area contributed by atoms with Crippen molar-refractivity contribution in [3.05, 3.63) is 59.4 Å². The monoisotopic (exact) mass is 257 g/mol. The number of aromatic nitrogens is 1. The number of hydrogen-bond donors (Lipinski definition) is 1. The van der Waals surface area contributed by atoms with Crippen molar-refractivity contribution in [3.63, 3.8) is 0 Å². The van der Waals surface area contributed by atoms with Gasteiger partial charge in [-0.1, -0.05) is 31.2 Å². The molecule has 0 saturated heterocycles. The molecule has 0 aliphatic rings. The summed E-state index contributed by atoms with van der Waals surface area (Å²) >= 11 is 0. The molecular formula is C15H15NO3. The molecule has 1 aromatic heterocycles. The fourth-order valence-corrected chi connectivity index (χ4v) is 1.70. The smallest absolute Gasteiger partial charge is 0.358 e. The Kier molecular flexibility index (Phi) is 4.13. The first-order valence-corrected chi connectivity index (χ1v) is 6.09. The van der Waals surface area contributed by atoms with Crippen LogP contribution in [0.25, 0.3) is 0 Å². The summed E-state index contributed by atoms with van der Waals surface area (Å²) in [5.41, 5.74) is 2.20. The summed E-state index contributed by atoms with van der Waals surface area (Å²) in [6, 6.07) is 11.3. The third-order valence-corrected chi connectivity index (χ3v) is 2.80. The Hall–Kier alpha value is -2.36. The van der Waals surface area contributed by atoms with Crippen LogP contribution in [0.5, 0.6) is 5.75 Å². The SMILES string of the molecule is CCc1ccc(COc2cccnc2C(=O)O)cc1. The third-order valence-electron chi connectivity index (χ3n) is 2.80. The lowest BCUT2D eigenvalue weighted by Gasteiger charge is -2.08. The summed E-state index contributed by atoms with van der Waals surface area (Å²) in [6.45, 7) is 2.43. The molecule has 2 rings (SSSR count). The van der Waals surface area contributed by atoms with Crippen molar-refractivity contribution in [1.82, 2.24) is 4.98 Å². The number of benzene rings is 1. The van der Waals surface area contributed by atoms with Crippen molar-refractivity contribution in [2.45, 2.75) is 20.0 Å². The Morgan fingerprint density at radius 2 is 1.89 bits per heavy atom. The topological polar surface area (TPSA) is 59.4 Å². The lowest BCUT2D eigenvalue weighted by Crippen LogP contribution is -2.05. The second-order valence-corrected chi connectivity index (χ2v) is 4.11. The summed E-state index contributed by atoms with van der Waals surface area (Å²) in [6.07, 6.45) is 2.43. The molecule has 4 nitrogen and oxygen atoms in total. The second-order valence-electron chi connectivity index (χ2n) is 4.11. The minimum atomic E-state index is -1.09. The predicted molar refractivity (Wildman–Crippen MR) is 71.3 cm³/mol. The zero-order chi connectivity index (χ0) is 13.7. The molecule has 0 amide bonds. The van der Waals surface area contributed by atoms with Gasteiger partial charge in [-0.05, 0) is 29.7 Å². The Bertz CT molecular complexity index is 564. The maximum Gasteiger partial charge on any atom is 0.358 e. The lowest BCUT2D eigenvalue weighted by molar-refractivity contribution is 0.0685. The van der Waals surface area contributed by atoms with E-state index in [-0.39, 0.29) is 11.4 Å². The Labute approximate surface area is 111 Å². The largest absolute Gasteiger partial charge is 0.486 e. The van der Waals surface area contributed by atoms with E-state index in [1.165, 1.54) is 11.8 Å². The summed E-state index contributed by atoms with van der Waals surface area (Å²) < 4.78 is 5.51. The molecule has 0 saturated carbocycles. The molecule has 0 bridgehead atoms. The van der Waals surface area contributed by atoms with Gasteiger partial charge in [0, 0.05) is 6.20 Å². The van der Waals surface area contributed by atoms with Gasteiger partial charge in [-0.3, -0.25) is 0 Å². The van der Waals surface area contributed by atoms with E-state index in [0.717, 1.165) is 12.0 Å². The highest BCUT2D eigenvalue weighted by Crippen LogP contribution is 2.17. The minimum Gasteiger partial charge on any atom is -0.486 e. The molecule has 0 fully saturated rings. The highest BCUT2D eigenvalue weighted by atomic mass is 16.5. The first-order chi connectivity index (χ1) is 9.20. The molecule has 1 heterocycles. The number of carboxylic acids is 1. The highest BCUT2D eigenvalue weighted by molar-refractivity contribution is 5.88. The van der Waals surface area contributed by atoms with Gasteiger partial charge in [0.25, 0.3) is 0 Å². The van der Waals surface area contributed by atoms with E-state index in [0.29, 0.717) is 6.61 Å². The van der Waals surface area contributed by atoms with Crippen molar-refractivity contribution >= 4 is 5.97 Å². The van der Waals surface area contributed by atoms with Gasteiger partial charge in [-0.25, -0.2) is 9.78 Å². The van der Waals surface area contributed by atoms with Crippen LogP contribution in [0, 0.1) is 0 Å². The van der Waals surface area contributed by atoms with Crippen LogP contribution >= 0.6 is 0 Å². The van der Waals surface area contributed by atoms with Crippen molar-refractivity contribution in [2.75, 3.05) is 0 Å². The number of carbonyl (C=O) groups is 1. The summed E-state index contributed by atoms with van der Waals surface area (Å²) in [5, 5.41) is 8.99. The van der Waals surface area contributed by atoms with E-state index in [2.05, 4.69) is 11.9 Å². The summed E-state index contributed by atoms with van der Waals surface area (Å²) in [7, 11) is 0. The Morgan fingerprint density at radius 3 is 2.53 bits per heavy atom. The maximum absolute atomic E-state index is 11.0. The van der Waals surface area contributed by atoms with Gasteiger partial charge in [0.1, 0.15) is 6.61 Å². The van der Waals surface area contributed by atoms with Crippen LogP contribution < -0.4 is 4.74 Å². The van der Waals surface area contributed by atoms with Crippen LogP contribution in [0.1, 0.15) is 28.5 Å². The van der Waals surface area contributed by atoms with Crippen molar-refractivity contribution in [3.8, 4) is 5.75 Å². The van der Waals surface area contributed by atoms with Crippen LogP contribution in [-0.2, 0) is 13.0 Å². The Morgan fingerprint density at radius 1 is 1.21 bits per heavy atom. The van der Waals surface area contributed by atoms with Gasteiger partial charge in [0.05, 0.1) is 0 Å². The highest BCUT2D eigenvalue weighted by Gasteiger charge is 2.11. The molecule has 2 aromatic rings. The molecule has 4 heteroatoms. The van der Waals surface area contributed by atoms with Crippen LogP contribution in [0.2, 0.25) is 0 Å². The van der Waals surface area contributed by atoms with Gasteiger partial charge in [-0.15, -0.1) is 0 Å². The fourth-order valence-electron chi connectivity index (χ4n) is 1.70. The normalized spacial score (nSPS) is 10.2. The molecule has 1 aromatic carbocycles. The van der Waals surface area contributed by atoms with E-state index in [1.807, 2.05) is 24.3 Å². The van der Waals surface area contributed by atoms with Gasteiger partial charge < -0.3 is 9.84 Å². The van der Waals surface area contributed by atoms with Crippen molar-refractivity contribution in [1.29, 1.82) is 0 Å². The average Bonchev–Trinajstić information content (AvgIpc) is 2.46. The maximum atomic E-state index is 11.0. The number of rotatable bonds is 5. The van der Waals surface area contributed by atoms with Gasteiger partial charge in [-0.2, -0.15) is 0 Å². The fraction of sp³-hybridized carbons (Fsp3) is 0.200. The van der Waals surface area contributed by atoms with Gasteiger partial charge >= 0.3 is 5.97 Å². The number of pyridine rings is 1. The third kappa shape index (κ3) is 3.31. The minimum absolute atomic E-state index is 0.0623. The van der Waals surface area contributed by atoms with Gasteiger partial charge in [0.15, 0.2) is 11.4 Å². The lowest BCUT2D eigenvalue weighted by atomic mass is 10.1. The average molecular weight is 257 g/mol. The number of nitrogens with zero attached hydrogens (tertiary/aromatic N) is 1. The van der Waals surface area contributed by atoms with Crippen LogP contribution in [0.4, 0.5) is 0 Å². The number of carboxylic acid groups (broad SMARTS) is 1. The molecule has 0 radical (unpaired) electrons.